The van der Waals surface area contributed by atoms with Crippen LogP contribution in [0, 0.1) is 0 Å². The molecule has 0 unspecified atom stereocenters. The van der Waals surface area contributed by atoms with Crippen LogP contribution >= 0.6 is 11.6 Å². The lowest BCUT2D eigenvalue weighted by atomic mass is 10.2. The molecule has 0 aliphatic heterocycles. The van der Waals surface area contributed by atoms with Crippen molar-refractivity contribution < 1.29 is 10.2 Å². The highest BCUT2D eigenvalue weighted by Gasteiger charge is 2.31. The lowest BCUT2D eigenvalue weighted by Crippen LogP contribution is -2.27. The van der Waals surface area contributed by atoms with E-state index in [1.165, 1.54) is 12.7 Å². The molecule has 2 heterocycles. The van der Waals surface area contributed by atoms with Crippen LogP contribution in [0.2, 0.25) is 5.15 Å². The maximum absolute atomic E-state index is 9.82. The maximum Gasteiger partial charge on any atom is 0.165 e. The van der Waals surface area contributed by atoms with Gasteiger partial charge >= 0.3 is 0 Å². The number of aliphatic hydroxyl groups is 2. The van der Waals surface area contributed by atoms with Crippen LogP contribution in [0.5, 0.6) is 0 Å². The molecule has 0 aromatic carbocycles. The zero-order valence-electron chi connectivity index (χ0n) is 8.60. The molecule has 17 heavy (non-hydrogen) atoms. The van der Waals surface area contributed by atoms with Crippen molar-refractivity contribution in [2.75, 3.05) is 0 Å². The standard InChI is InChI=1S/C10H9ClN4O2/c11-9-7-10(13-3-12-9)15(4-14-7)5-1-2-6(16)8(5)17/h1-6,8,16-17H/t5-,6-,8+/m1/s1. The lowest BCUT2D eigenvalue weighted by molar-refractivity contribution is 0.0375. The fraction of sp³-hybridized carbons (Fsp3) is 0.300. The van der Waals surface area contributed by atoms with Crippen LogP contribution in [0.4, 0.5) is 0 Å². The van der Waals surface area contributed by atoms with Crippen LogP contribution in [-0.2, 0) is 0 Å². The summed E-state index contributed by atoms with van der Waals surface area (Å²) in [5.74, 6) is 0. The molecule has 0 saturated heterocycles. The highest BCUT2D eigenvalue weighted by atomic mass is 35.5. The molecule has 2 N–H and O–H groups in total. The van der Waals surface area contributed by atoms with Crippen LogP contribution < -0.4 is 0 Å². The Morgan fingerprint density at radius 1 is 1.18 bits per heavy atom. The van der Waals surface area contributed by atoms with E-state index < -0.39 is 12.2 Å². The highest BCUT2D eigenvalue weighted by molar-refractivity contribution is 6.33. The molecule has 0 spiro atoms. The molecule has 3 rings (SSSR count). The molecule has 0 saturated carbocycles. The molecular weight excluding hydrogens is 244 g/mol. The van der Waals surface area contributed by atoms with Gasteiger partial charge in [0.05, 0.1) is 12.4 Å². The van der Waals surface area contributed by atoms with Crippen molar-refractivity contribution in [1.82, 2.24) is 19.5 Å². The van der Waals surface area contributed by atoms with Gasteiger partial charge in [-0.05, 0) is 0 Å². The zero-order valence-corrected chi connectivity index (χ0v) is 9.36. The van der Waals surface area contributed by atoms with Gasteiger partial charge in [-0.25, -0.2) is 15.0 Å². The number of aliphatic hydroxyl groups excluding tert-OH is 2. The predicted octanol–water partition coefficient (Wildman–Crippen LogP) is 0.312. The highest BCUT2D eigenvalue weighted by Crippen LogP contribution is 2.28. The van der Waals surface area contributed by atoms with Gasteiger partial charge in [0.15, 0.2) is 10.8 Å². The van der Waals surface area contributed by atoms with Crippen LogP contribution in [0.25, 0.3) is 11.2 Å². The summed E-state index contributed by atoms with van der Waals surface area (Å²) in [7, 11) is 0. The largest absolute Gasteiger partial charge is 0.388 e. The van der Waals surface area contributed by atoms with E-state index in [0.29, 0.717) is 11.2 Å². The van der Waals surface area contributed by atoms with E-state index in [0.717, 1.165) is 0 Å². The molecule has 1 aliphatic carbocycles. The first-order valence-corrected chi connectivity index (χ1v) is 5.44. The van der Waals surface area contributed by atoms with E-state index in [4.69, 9.17) is 11.6 Å². The number of hydrogen-bond donors (Lipinski definition) is 2. The van der Waals surface area contributed by atoms with E-state index in [1.807, 2.05) is 0 Å². The van der Waals surface area contributed by atoms with Gasteiger partial charge in [-0.1, -0.05) is 23.8 Å². The van der Waals surface area contributed by atoms with Crippen LogP contribution in [-0.4, -0.2) is 41.9 Å². The average molecular weight is 253 g/mol. The third-order valence-electron chi connectivity index (χ3n) is 2.84. The normalized spacial score (nSPS) is 28.1. The van der Waals surface area contributed by atoms with E-state index in [9.17, 15) is 10.2 Å². The Morgan fingerprint density at radius 3 is 2.71 bits per heavy atom. The smallest absolute Gasteiger partial charge is 0.165 e. The summed E-state index contributed by atoms with van der Waals surface area (Å²) < 4.78 is 1.67. The lowest BCUT2D eigenvalue weighted by Gasteiger charge is -2.17. The zero-order chi connectivity index (χ0) is 12.0. The Bertz CT molecular complexity index is 597. The quantitative estimate of drug-likeness (QED) is 0.564. The molecule has 2 aromatic heterocycles. The monoisotopic (exact) mass is 252 g/mol. The Labute approximate surface area is 101 Å². The fourth-order valence-electron chi connectivity index (χ4n) is 1.96. The number of nitrogens with zero attached hydrogens (tertiary/aromatic N) is 4. The molecular formula is C10H9ClN4O2. The molecule has 0 fully saturated rings. The van der Waals surface area contributed by atoms with Crippen LogP contribution in [0.1, 0.15) is 6.04 Å². The van der Waals surface area contributed by atoms with Gasteiger partial charge < -0.3 is 14.8 Å². The number of halogens is 1. The van der Waals surface area contributed by atoms with Crippen molar-refractivity contribution >= 4 is 22.8 Å². The van der Waals surface area contributed by atoms with Crippen molar-refractivity contribution in [2.24, 2.45) is 0 Å². The SMILES string of the molecule is O[C@@H]1[C@H](O)C=C[C@H]1n1cnc2c(Cl)ncnc21. The number of hydrogen-bond acceptors (Lipinski definition) is 5. The van der Waals surface area contributed by atoms with E-state index >= 15 is 0 Å². The fourth-order valence-corrected chi connectivity index (χ4v) is 2.13. The number of imidazole rings is 1. The van der Waals surface area contributed by atoms with Crippen molar-refractivity contribution in [1.29, 1.82) is 0 Å². The second-order valence-electron chi connectivity index (χ2n) is 3.85. The Morgan fingerprint density at radius 2 is 2.00 bits per heavy atom. The summed E-state index contributed by atoms with van der Waals surface area (Å²) >= 11 is 5.89. The van der Waals surface area contributed by atoms with Crippen molar-refractivity contribution in [3.05, 3.63) is 30.0 Å². The minimum Gasteiger partial charge on any atom is -0.388 e. The van der Waals surface area contributed by atoms with Crippen molar-refractivity contribution in [2.45, 2.75) is 18.2 Å². The average Bonchev–Trinajstić information content (AvgIpc) is 2.86. The minimum atomic E-state index is -0.902. The molecule has 0 bridgehead atoms. The Hall–Kier alpha value is -1.50. The van der Waals surface area contributed by atoms with Crippen molar-refractivity contribution in [3.8, 4) is 0 Å². The first-order valence-electron chi connectivity index (χ1n) is 5.06. The van der Waals surface area contributed by atoms with Gasteiger partial charge in [0, 0.05) is 0 Å². The van der Waals surface area contributed by atoms with Gasteiger partial charge in [0.1, 0.15) is 24.1 Å². The number of aromatic nitrogens is 4. The van der Waals surface area contributed by atoms with E-state index in [2.05, 4.69) is 15.0 Å². The molecule has 2 aromatic rings. The third-order valence-corrected chi connectivity index (χ3v) is 3.12. The van der Waals surface area contributed by atoms with E-state index in [1.54, 1.807) is 16.7 Å². The van der Waals surface area contributed by atoms with E-state index in [-0.39, 0.29) is 11.2 Å². The molecule has 6 nitrogen and oxygen atoms in total. The second-order valence-corrected chi connectivity index (χ2v) is 4.20. The van der Waals surface area contributed by atoms with Gasteiger partial charge in [-0.3, -0.25) is 0 Å². The van der Waals surface area contributed by atoms with Gasteiger partial charge in [0.2, 0.25) is 0 Å². The second kappa shape index (κ2) is 3.76. The predicted molar refractivity (Wildman–Crippen MR) is 60.5 cm³/mol. The summed E-state index contributed by atoms with van der Waals surface area (Å²) in [6.07, 6.45) is 4.36. The maximum atomic E-state index is 9.82. The summed E-state index contributed by atoms with van der Waals surface area (Å²) in [5.41, 5.74) is 1.02. The summed E-state index contributed by atoms with van der Waals surface area (Å²) in [6, 6.07) is -0.388. The number of rotatable bonds is 1. The molecule has 0 radical (unpaired) electrons. The molecule has 7 heteroatoms. The molecule has 3 atom stereocenters. The summed E-state index contributed by atoms with van der Waals surface area (Å²) in [5, 5.41) is 19.6. The summed E-state index contributed by atoms with van der Waals surface area (Å²) in [4.78, 5) is 12.0. The Kier molecular flexibility index (Phi) is 2.36. The number of fused-ring (bicyclic) bond motifs is 1. The van der Waals surface area contributed by atoms with Crippen molar-refractivity contribution in [3.63, 3.8) is 0 Å². The van der Waals surface area contributed by atoms with Crippen LogP contribution in [0.3, 0.4) is 0 Å². The van der Waals surface area contributed by atoms with Gasteiger partial charge in [-0.2, -0.15) is 0 Å². The van der Waals surface area contributed by atoms with Gasteiger partial charge in [0.25, 0.3) is 0 Å². The molecule has 88 valence electrons. The molecule has 0 amide bonds. The third kappa shape index (κ3) is 1.53. The summed E-state index contributed by atoms with van der Waals surface area (Å²) in [6.45, 7) is 0. The minimum absolute atomic E-state index is 0.269. The Balaban J connectivity index is 2.13. The first-order chi connectivity index (χ1) is 8.18. The topological polar surface area (TPSA) is 84.1 Å². The van der Waals surface area contributed by atoms with Crippen LogP contribution in [0.15, 0.2) is 24.8 Å². The van der Waals surface area contributed by atoms with Gasteiger partial charge in [-0.15, -0.1) is 0 Å². The molecule has 1 aliphatic rings. The first kappa shape index (κ1) is 10.6.